The molecule has 3 heterocycles. The Kier molecular flexibility index (Phi) is 8.86. The van der Waals surface area contributed by atoms with Crippen LogP contribution in [0.4, 0.5) is 10.0 Å². The summed E-state index contributed by atoms with van der Waals surface area (Å²) in [7, 11) is 0. The number of benzene rings is 5. The van der Waals surface area contributed by atoms with Crippen molar-refractivity contribution in [2.45, 2.75) is 13.2 Å². The number of thiophene rings is 3. The average molecular weight is 829 g/mol. The molecule has 0 atom stereocenters. The van der Waals surface area contributed by atoms with Crippen LogP contribution in [0.1, 0.15) is 31.8 Å². The van der Waals surface area contributed by atoms with Crippen molar-refractivity contribution in [3.63, 3.8) is 0 Å². The van der Waals surface area contributed by atoms with Gasteiger partial charge < -0.3 is 9.47 Å². The van der Waals surface area contributed by atoms with Crippen molar-refractivity contribution in [3.05, 3.63) is 195 Å². The maximum Gasteiger partial charge on any atom is 0.340 e. The van der Waals surface area contributed by atoms with Crippen LogP contribution < -0.4 is 32.4 Å². The minimum Gasteiger partial charge on any atom is -0.457 e. The summed E-state index contributed by atoms with van der Waals surface area (Å²) in [5.41, 5.74) is -0.173. The van der Waals surface area contributed by atoms with Crippen LogP contribution in [0.5, 0.6) is 0 Å². The molecule has 10 nitrogen and oxygen atoms in total. The van der Waals surface area contributed by atoms with Crippen LogP contribution in [-0.4, -0.2) is 11.9 Å². The molecular formula is C46H24N2O8S3. The molecule has 0 radical (unpaired) electrons. The zero-order valence-electron chi connectivity index (χ0n) is 30.3. The van der Waals surface area contributed by atoms with Crippen molar-refractivity contribution in [3.8, 4) is 0 Å². The van der Waals surface area contributed by atoms with Crippen LogP contribution in [-0.2, 0) is 22.7 Å². The summed E-state index contributed by atoms with van der Waals surface area (Å²) in [6.45, 7) is -0.0807. The first kappa shape index (κ1) is 36.3. The summed E-state index contributed by atoms with van der Waals surface area (Å²) in [5.74, 6) is -1.35. The quantitative estimate of drug-likeness (QED) is 0.140. The molecule has 0 aliphatic carbocycles. The Morgan fingerprint density at radius 1 is 0.458 bits per heavy atom. The van der Waals surface area contributed by atoms with Crippen LogP contribution in [0.25, 0.3) is 51.1 Å². The van der Waals surface area contributed by atoms with E-state index in [1.165, 1.54) is 11.3 Å². The van der Waals surface area contributed by atoms with E-state index in [1.54, 1.807) is 60.7 Å². The lowest BCUT2D eigenvalue weighted by Gasteiger charge is -2.12. The molecule has 3 aromatic heterocycles. The Labute approximate surface area is 342 Å². The van der Waals surface area contributed by atoms with E-state index < -0.39 is 33.7 Å². The van der Waals surface area contributed by atoms with E-state index >= 15 is 0 Å². The van der Waals surface area contributed by atoms with Crippen LogP contribution in [0, 0.1) is 0 Å². The second kappa shape index (κ2) is 14.4. The fraction of sp³-hybridized carbons (Fsp3) is 0.0435. The number of ether oxygens (including phenoxy) is 2. The van der Waals surface area contributed by atoms with Crippen molar-refractivity contribution in [2.24, 2.45) is 9.98 Å². The summed E-state index contributed by atoms with van der Waals surface area (Å²) in [6, 6.07) is 34.7. The van der Waals surface area contributed by atoms with Gasteiger partial charge in [0.2, 0.25) is 21.7 Å². The Bertz CT molecular complexity index is 3600. The van der Waals surface area contributed by atoms with Gasteiger partial charge in [0.1, 0.15) is 23.2 Å². The third-order valence-electron chi connectivity index (χ3n) is 10.0. The second-order valence-corrected chi connectivity index (χ2v) is 16.7. The number of carbonyl (C=O) groups excluding carboxylic acids is 2. The van der Waals surface area contributed by atoms with Crippen LogP contribution in [0.3, 0.4) is 0 Å². The van der Waals surface area contributed by atoms with Gasteiger partial charge in [-0.1, -0.05) is 109 Å². The van der Waals surface area contributed by atoms with E-state index in [1.807, 2.05) is 60.7 Å². The van der Waals surface area contributed by atoms with E-state index in [0.717, 1.165) is 33.8 Å². The molecule has 0 aliphatic rings. The molecule has 0 unspecified atom stereocenters. The fourth-order valence-corrected chi connectivity index (χ4v) is 10.9. The van der Waals surface area contributed by atoms with Gasteiger partial charge in [0.05, 0.1) is 25.2 Å². The first-order chi connectivity index (χ1) is 28.7. The minimum atomic E-state index is -0.688. The molecule has 13 heteroatoms. The summed E-state index contributed by atoms with van der Waals surface area (Å²) < 4.78 is 13.8. The number of carbonyl (C=O) groups is 2. The van der Waals surface area contributed by atoms with E-state index in [9.17, 15) is 28.8 Å². The van der Waals surface area contributed by atoms with Crippen molar-refractivity contribution in [1.82, 2.24) is 0 Å². The van der Waals surface area contributed by atoms with Gasteiger partial charge in [0, 0.05) is 37.0 Å². The highest BCUT2D eigenvalue weighted by atomic mass is 32.1. The monoisotopic (exact) mass is 828 g/mol. The predicted octanol–water partition coefficient (Wildman–Crippen LogP) is 8.01. The molecule has 0 bridgehead atoms. The maximum atomic E-state index is 14.5. The smallest absolute Gasteiger partial charge is 0.340 e. The van der Waals surface area contributed by atoms with Gasteiger partial charge in [0.25, 0.3) is 0 Å². The first-order valence-corrected chi connectivity index (χ1v) is 20.6. The molecule has 0 aliphatic heterocycles. The molecule has 0 spiro atoms. The van der Waals surface area contributed by atoms with Gasteiger partial charge in [0.15, 0.2) is 10.7 Å². The number of esters is 2. The van der Waals surface area contributed by atoms with Gasteiger partial charge in [-0.3, -0.25) is 19.2 Å². The Morgan fingerprint density at radius 3 is 1.37 bits per heavy atom. The fourth-order valence-electron chi connectivity index (χ4n) is 7.26. The molecular weight excluding hydrogens is 805 g/mol. The number of nitrogens with zero attached hydrogens (tertiary/aromatic N) is 2. The molecule has 284 valence electrons. The standard InChI is InChI=1S/C46H24N2O8S3/c49-38-25-15-7-8-16-26(25)39(50)36(38)47-31-19-29-33(45(53)55-21-23-11-3-1-4-12-23)44-34(35(42(29)58-31)46(54)56-22-24-13-5-2-6-14-24)43-30(57-44)20-32(59-43)48-37-40(51)27-17-9-10-18-28(27)41(37)52/h1-20H,21-22H2. The summed E-state index contributed by atoms with van der Waals surface area (Å²) >= 11 is 3.42. The normalized spacial score (nSPS) is 11.6. The van der Waals surface area contributed by atoms with Crippen molar-refractivity contribution >= 4 is 107 Å². The highest BCUT2D eigenvalue weighted by Gasteiger charge is 2.30. The lowest BCUT2D eigenvalue weighted by molar-refractivity contribution is 0.0466. The molecule has 0 amide bonds. The van der Waals surface area contributed by atoms with Crippen molar-refractivity contribution in [2.75, 3.05) is 0 Å². The SMILES string of the molecule is O=C(OCc1ccccc1)c1c2cc(N=c3c(=O)c4ccccc4c3=O)sc2c(C(=O)OCc2ccccc2)c2c1sc1cc(N=c3c(=O)c4ccccc4c3=O)sc12. The number of rotatable bonds is 8. The summed E-state index contributed by atoms with van der Waals surface area (Å²) in [4.78, 5) is 91.3. The minimum absolute atomic E-state index is 0.0318. The molecule has 0 fully saturated rings. The molecule has 10 rings (SSSR count). The topological polar surface area (TPSA) is 146 Å². The predicted molar refractivity (Wildman–Crippen MR) is 232 cm³/mol. The molecule has 7 aromatic carbocycles. The van der Waals surface area contributed by atoms with Gasteiger partial charge in [-0.25, -0.2) is 19.6 Å². The largest absolute Gasteiger partial charge is 0.457 e. The lowest BCUT2D eigenvalue weighted by Crippen LogP contribution is -2.31. The number of hydrogen-bond acceptors (Lipinski definition) is 13. The Morgan fingerprint density at radius 2 is 0.881 bits per heavy atom. The summed E-state index contributed by atoms with van der Waals surface area (Å²) in [6.07, 6.45) is 0. The number of fused-ring (bicyclic) bond motifs is 6. The van der Waals surface area contributed by atoms with Gasteiger partial charge >= 0.3 is 11.9 Å². The lowest BCUT2D eigenvalue weighted by atomic mass is 10.0. The van der Waals surface area contributed by atoms with E-state index in [2.05, 4.69) is 9.98 Å². The second-order valence-electron chi connectivity index (χ2n) is 13.6. The molecule has 0 N–H and O–H groups in total. The number of hydrogen-bond donors (Lipinski definition) is 0. The van der Waals surface area contributed by atoms with Crippen molar-refractivity contribution in [1.29, 1.82) is 0 Å². The van der Waals surface area contributed by atoms with E-state index in [-0.39, 0.29) is 61.6 Å². The maximum absolute atomic E-state index is 14.5. The molecule has 0 saturated carbocycles. The van der Waals surface area contributed by atoms with Crippen molar-refractivity contribution < 1.29 is 19.1 Å². The van der Waals surface area contributed by atoms with Gasteiger partial charge in [-0.15, -0.1) is 34.0 Å². The summed E-state index contributed by atoms with van der Waals surface area (Å²) in [5, 5.41) is 1.87. The van der Waals surface area contributed by atoms with Gasteiger partial charge in [-0.05, 0) is 23.3 Å². The zero-order chi connectivity index (χ0) is 40.4. The molecule has 0 saturated heterocycles. The molecule has 10 aromatic rings. The van der Waals surface area contributed by atoms with E-state index in [4.69, 9.17) is 9.47 Å². The van der Waals surface area contributed by atoms with E-state index in [0.29, 0.717) is 34.6 Å². The van der Waals surface area contributed by atoms with Crippen LogP contribution in [0.15, 0.2) is 150 Å². The third-order valence-corrected chi connectivity index (χ3v) is 13.4. The van der Waals surface area contributed by atoms with Gasteiger partial charge in [-0.2, -0.15) is 0 Å². The Hall–Kier alpha value is -7.06. The highest BCUT2D eigenvalue weighted by molar-refractivity contribution is 7.34. The van der Waals surface area contributed by atoms with Crippen LogP contribution in [0.2, 0.25) is 0 Å². The zero-order valence-corrected chi connectivity index (χ0v) is 32.8. The Balaban J connectivity index is 1.23. The molecule has 59 heavy (non-hydrogen) atoms. The third kappa shape index (κ3) is 6.14. The average Bonchev–Trinajstić information content (AvgIpc) is 4.05. The van der Waals surface area contributed by atoms with Crippen LogP contribution >= 0.6 is 34.0 Å². The highest BCUT2D eigenvalue weighted by Crippen LogP contribution is 2.50. The first-order valence-electron chi connectivity index (χ1n) is 18.2.